The summed E-state index contributed by atoms with van der Waals surface area (Å²) in [4.78, 5) is 12.3. The average molecular weight is 253 g/mol. The highest BCUT2D eigenvalue weighted by Gasteiger charge is 2.35. The Labute approximate surface area is 110 Å². The molecular formula is C15H11NO3. The van der Waals surface area contributed by atoms with Crippen LogP contribution in [-0.2, 0) is 0 Å². The van der Waals surface area contributed by atoms with Gasteiger partial charge in [0, 0.05) is 6.07 Å². The van der Waals surface area contributed by atoms with Crippen molar-refractivity contribution in [3.05, 3.63) is 64.9 Å². The number of ether oxygens (including phenoxy) is 1. The van der Waals surface area contributed by atoms with Crippen LogP contribution in [0, 0.1) is 5.21 Å². The van der Waals surface area contributed by atoms with E-state index in [1.807, 2.05) is 0 Å². The van der Waals surface area contributed by atoms with Crippen LogP contribution in [0.5, 0.6) is 5.75 Å². The summed E-state index contributed by atoms with van der Waals surface area (Å²) in [6.45, 7) is 0. The summed E-state index contributed by atoms with van der Waals surface area (Å²) in [6, 6.07) is 13.7. The Bertz CT molecular complexity index is 687. The molecule has 0 saturated carbocycles. The Morgan fingerprint density at radius 1 is 1.05 bits per heavy atom. The van der Waals surface area contributed by atoms with Crippen molar-refractivity contribution in [3.8, 4) is 5.75 Å². The lowest BCUT2D eigenvalue weighted by Crippen LogP contribution is -2.16. The van der Waals surface area contributed by atoms with Crippen LogP contribution in [0.2, 0.25) is 0 Å². The standard InChI is InChI=1S/C15H11NO3/c1-19-11-8-6-10(7-9-11)14-15(17)12-4-2-3-5-13(12)16(14)18/h2-9H,1H3. The molecule has 0 bridgehead atoms. The van der Waals surface area contributed by atoms with Gasteiger partial charge in [-0.2, -0.15) is 4.74 Å². The molecule has 94 valence electrons. The lowest BCUT2D eigenvalue weighted by atomic mass is 10.0. The maximum Gasteiger partial charge on any atom is 0.272 e. The molecule has 4 nitrogen and oxygen atoms in total. The minimum absolute atomic E-state index is 0.156. The summed E-state index contributed by atoms with van der Waals surface area (Å²) >= 11 is 0. The van der Waals surface area contributed by atoms with Crippen molar-refractivity contribution in [3.63, 3.8) is 0 Å². The number of rotatable bonds is 2. The molecule has 0 atom stereocenters. The molecule has 0 fully saturated rings. The highest BCUT2D eigenvalue weighted by molar-refractivity contribution is 6.52. The van der Waals surface area contributed by atoms with Crippen molar-refractivity contribution in [2.24, 2.45) is 0 Å². The normalized spacial score (nSPS) is 13.6. The third-order valence-corrected chi connectivity index (χ3v) is 3.15. The molecule has 0 aliphatic carbocycles. The van der Waals surface area contributed by atoms with E-state index in [-0.39, 0.29) is 11.5 Å². The first-order valence-electron chi connectivity index (χ1n) is 5.85. The van der Waals surface area contributed by atoms with Gasteiger partial charge < -0.3 is 9.94 Å². The lowest BCUT2D eigenvalue weighted by Gasteiger charge is -2.03. The summed E-state index contributed by atoms with van der Waals surface area (Å²) in [7, 11) is 1.57. The molecule has 0 saturated heterocycles. The maximum absolute atomic E-state index is 12.3. The summed E-state index contributed by atoms with van der Waals surface area (Å²) in [5, 5.41) is 12.2. The van der Waals surface area contributed by atoms with Gasteiger partial charge in [-0.15, -0.1) is 0 Å². The van der Waals surface area contributed by atoms with Gasteiger partial charge in [0.25, 0.3) is 11.5 Å². The minimum atomic E-state index is -0.240. The number of methoxy groups -OCH3 is 1. The van der Waals surface area contributed by atoms with Gasteiger partial charge in [0.05, 0.1) is 12.7 Å². The van der Waals surface area contributed by atoms with Crippen LogP contribution >= 0.6 is 0 Å². The number of nitrogens with zero attached hydrogens (tertiary/aromatic N) is 1. The van der Waals surface area contributed by atoms with Crippen LogP contribution in [0.1, 0.15) is 15.9 Å². The first kappa shape index (κ1) is 11.5. The van der Waals surface area contributed by atoms with Gasteiger partial charge in [-0.05, 0) is 30.3 Å². The average Bonchev–Trinajstić information content (AvgIpc) is 2.72. The second-order valence-corrected chi connectivity index (χ2v) is 4.22. The number of hydrogen-bond acceptors (Lipinski definition) is 3. The van der Waals surface area contributed by atoms with Crippen molar-refractivity contribution in [1.29, 1.82) is 0 Å². The van der Waals surface area contributed by atoms with E-state index in [1.165, 1.54) is 0 Å². The lowest BCUT2D eigenvalue weighted by molar-refractivity contribution is -0.355. The molecule has 0 N–H and O–H groups in total. The summed E-state index contributed by atoms with van der Waals surface area (Å²) in [5.74, 6) is 0.445. The van der Waals surface area contributed by atoms with Crippen LogP contribution in [-0.4, -0.2) is 23.3 Å². The molecule has 4 heteroatoms. The van der Waals surface area contributed by atoms with Crippen molar-refractivity contribution in [2.75, 3.05) is 7.11 Å². The van der Waals surface area contributed by atoms with Crippen LogP contribution in [0.4, 0.5) is 5.69 Å². The number of ketones is 1. The Kier molecular flexibility index (Phi) is 2.56. The molecule has 1 aliphatic heterocycles. The van der Waals surface area contributed by atoms with Gasteiger partial charge in [0.2, 0.25) is 5.69 Å². The Hall–Kier alpha value is -2.62. The molecule has 0 aromatic heterocycles. The number of benzene rings is 2. The number of carbonyl (C=O) groups excluding carboxylic acids is 1. The highest BCUT2D eigenvalue weighted by Crippen LogP contribution is 2.28. The minimum Gasteiger partial charge on any atom is -0.618 e. The second-order valence-electron chi connectivity index (χ2n) is 4.22. The Morgan fingerprint density at radius 2 is 1.74 bits per heavy atom. The van der Waals surface area contributed by atoms with E-state index in [9.17, 15) is 10.0 Å². The fourth-order valence-corrected chi connectivity index (χ4v) is 2.18. The fraction of sp³-hybridized carbons (Fsp3) is 0.0667. The molecule has 19 heavy (non-hydrogen) atoms. The third kappa shape index (κ3) is 1.69. The van der Waals surface area contributed by atoms with E-state index in [0.29, 0.717) is 27.3 Å². The first-order valence-corrected chi connectivity index (χ1v) is 5.85. The van der Waals surface area contributed by atoms with E-state index in [0.717, 1.165) is 0 Å². The summed E-state index contributed by atoms with van der Waals surface area (Å²) in [6.07, 6.45) is 0. The number of hydrogen-bond donors (Lipinski definition) is 0. The Morgan fingerprint density at radius 3 is 2.37 bits per heavy atom. The van der Waals surface area contributed by atoms with E-state index in [4.69, 9.17) is 4.74 Å². The van der Waals surface area contributed by atoms with E-state index < -0.39 is 0 Å². The topological polar surface area (TPSA) is 52.4 Å². The summed E-state index contributed by atoms with van der Waals surface area (Å²) < 4.78 is 5.76. The van der Waals surface area contributed by atoms with Crippen molar-refractivity contribution < 1.29 is 14.3 Å². The van der Waals surface area contributed by atoms with E-state index >= 15 is 0 Å². The van der Waals surface area contributed by atoms with Gasteiger partial charge >= 0.3 is 0 Å². The molecule has 0 amide bonds. The molecule has 3 rings (SSSR count). The van der Waals surface area contributed by atoms with Crippen LogP contribution in [0.15, 0.2) is 48.5 Å². The smallest absolute Gasteiger partial charge is 0.272 e. The van der Waals surface area contributed by atoms with Crippen LogP contribution in [0.3, 0.4) is 0 Å². The van der Waals surface area contributed by atoms with Gasteiger partial charge in [-0.3, -0.25) is 4.79 Å². The number of carbonyl (C=O) groups is 1. The fourth-order valence-electron chi connectivity index (χ4n) is 2.18. The number of Topliss-reactive ketones (excluding diaryl/α,β-unsaturated/α-hetero) is 1. The molecule has 0 radical (unpaired) electrons. The number of fused-ring (bicyclic) bond motifs is 1. The summed E-state index contributed by atoms with van der Waals surface area (Å²) in [5.41, 5.74) is 1.60. The van der Waals surface area contributed by atoms with E-state index in [2.05, 4.69) is 0 Å². The molecule has 1 heterocycles. The van der Waals surface area contributed by atoms with Crippen molar-refractivity contribution in [2.45, 2.75) is 0 Å². The molecule has 2 aromatic carbocycles. The molecular weight excluding hydrogens is 242 g/mol. The largest absolute Gasteiger partial charge is 0.618 e. The van der Waals surface area contributed by atoms with Crippen molar-refractivity contribution >= 4 is 17.2 Å². The predicted octanol–water partition coefficient (Wildman–Crippen LogP) is 2.52. The van der Waals surface area contributed by atoms with Gasteiger partial charge in [0.1, 0.15) is 11.3 Å². The zero-order chi connectivity index (χ0) is 13.4. The first-order chi connectivity index (χ1) is 9.22. The van der Waals surface area contributed by atoms with Gasteiger partial charge in [-0.25, -0.2) is 0 Å². The van der Waals surface area contributed by atoms with Gasteiger partial charge in [0.15, 0.2) is 0 Å². The zero-order valence-corrected chi connectivity index (χ0v) is 10.3. The SMILES string of the molecule is COc1ccc(C2=[N+]([O-])c3ccccc3C2=O)cc1. The van der Waals surface area contributed by atoms with Crippen LogP contribution in [0.25, 0.3) is 0 Å². The maximum atomic E-state index is 12.3. The number of para-hydroxylation sites is 1. The molecule has 0 spiro atoms. The monoisotopic (exact) mass is 253 g/mol. The second kappa shape index (κ2) is 4.24. The van der Waals surface area contributed by atoms with Crippen LogP contribution < -0.4 is 4.74 Å². The molecule has 1 aliphatic rings. The van der Waals surface area contributed by atoms with Gasteiger partial charge in [-0.1, -0.05) is 12.1 Å². The van der Waals surface area contributed by atoms with Crippen molar-refractivity contribution in [1.82, 2.24) is 0 Å². The molecule has 2 aromatic rings. The predicted molar refractivity (Wildman–Crippen MR) is 71.2 cm³/mol. The Balaban J connectivity index is 2.11. The van der Waals surface area contributed by atoms with E-state index in [1.54, 1.807) is 55.6 Å². The third-order valence-electron chi connectivity index (χ3n) is 3.15. The molecule has 0 unspecified atom stereocenters. The quantitative estimate of drug-likeness (QED) is 0.610. The highest BCUT2D eigenvalue weighted by atomic mass is 16.5. The zero-order valence-electron chi connectivity index (χ0n) is 10.3.